The molecule has 0 aliphatic carbocycles. The van der Waals surface area contributed by atoms with Gasteiger partial charge in [0.05, 0.1) is 30.2 Å². The predicted octanol–water partition coefficient (Wildman–Crippen LogP) is 1.17. The summed E-state index contributed by atoms with van der Waals surface area (Å²) in [6.45, 7) is 7.43. The molecular weight excluding hydrogens is 310 g/mol. The highest BCUT2D eigenvalue weighted by Gasteiger charge is 2.20. The minimum atomic E-state index is -0.222. The van der Waals surface area contributed by atoms with Gasteiger partial charge in [-0.1, -0.05) is 5.16 Å². The molecule has 0 fully saturated rings. The van der Waals surface area contributed by atoms with Crippen molar-refractivity contribution in [3.63, 3.8) is 0 Å². The van der Waals surface area contributed by atoms with Crippen molar-refractivity contribution in [3.8, 4) is 0 Å². The SMILES string of the molecule is CC(=O)N1CCCn2nc(CNC(=O)c3c(C)noc3C)cc2C1. The number of nitrogens with zero attached hydrogens (tertiary/aromatic N) is 4. The minimum Gasteiger partial charge on any atom is -0.361 e. The van der Waals surface area contributed by atoms with Crippen LogP contribution in [0.25, 0.3) is 0 Å². The average Bonchev–Trinajstić information content (AvgIpc) is 3.00. The third-order valence-corrected chi connectivity index (χ3v) is 4.20. The first-order chi connectivity index (χ1) is 11.5. The van der Waals surface area contributed by atoms with Crippen molar-refractivity contribution in [3.05, 3.63) is 34.5 Å². The maximum atomic E-state index is 12.3. The molecule has 0 radical (unpaired) electrons. The monoisotopic (exact) mass is 331 g/mol. The molecule has 0 spiro atoms. The highest BCUT2D eigenvalue weighted by atomic mass is 16.5. The van der Waals surface area contributed by atoms with Crippen molar-refractivity contribution in [2.75, 3.05) is 6.54 Å². The van der Waals surface area contributed by atoms with Gasteiger partial charge in [0, 0.05) is 20.0 Å². The molecule has 0 atom stereocenters. The second-order valence-electron chi connectivity index (χ2n) is 6.03. The minimum absolute atomic E-state index is 0.0675. The lowest BCUT2D eigenvalue weighted by atomic mass is 10.2. The third-order valence-electron chi connectivity index (χ3n) is 4.20. The van der Waals surface area contributed by atoms with E-state index in [-0.39, 0.29) is 11.8 Å². The lowest BCUT2D eigenvalue weighted by Gasteiger charge is -2.17. The van der Waals surface area contributed by atoms with Crippen LogP contribution < -0.4 is 5.32 Å². The Morgan fingerprint density at radius 2 is 2.12 bits per heavy atom. The number of fused-ring (bicyclic) bond motifs is 1. The van der Waals surface area contributed by atoms with Crippen LogP contribution in [0, 0.1) is 13.8 Å². The quantitative estimate of drug-likeness (QED) is 0.911. The summed E-state index contributed by atoms with van der Waals surface area (Å²) in [7, 11) is 0. The molecule has 0 aromatic carbocycles. The van der Waals surface area contributed by atoms with Crippen LogP contribution in [0.5, 0.6) is 0 Å². The molecule has 2 amide bonds. The molecule has 128 valence electrons. The molecule has 2 aromatic heterocycles. The molecule has 3 heterocycles. The zero-order chi connectivity index (χ0) is 17.3. The van der Waals surface area contributed by atoms with Gasteiger partial charge in [0.15, 0.2) is 0 Å². The summed E-state index contributed by atoms with van der Waals surface area (Å²) < 4.78 is 6.93. The number of hydrogen-bond acceptors (Lipinski definition) is 5. The Hall–Kier alpha value is -2.64. The molecule has 1 aliphatic rings. The van der Waals surface area contributed by atoms with E-state index in [0.29, 0.717) is 30.1 Å². The topological polar surface area (TPSA) is 93.3 Å². The summed E-state index contributed by atoms with van der Waals surface area (Å²) in [6.07, 6.45) is 0.874. The first-order valence-corrected chi connectivity index (χ1v) is 7.98. The Bertz CT molecular complexity index is 757. The van der Waals surface area contributed by atoms with Gasteiger partial charge in [-0.3, -0.25) is 14.3 Å². The smallest absolute Gasteiger partial charge is 0.257 e. The number of carbonyl (C=O) groups is 2. The van der Waals surface area contributed by atoms with Gasteiger partial charge in [0.2, 0.25) is 5.91 Å². The van der Waals surface area contributed by atoms with Gasteiger partial charge < -0.3 is 14.7 Å². The Morgan fingerprint density at radius 3 is 2.79 bits per heavy atom. The summed E-state index contributed by atoms with van der Waals surface area (Å²) in [5, 5.41) is 11.2. The van der Waals surface area contributed by atoms with E-state index in [1.165, 1.54) is 0 Å². The molecule has 0 saturated heterocycles. The van der Waals surface area contributed by atoms with Gasteiger partial charge in [0.25, 0.3) is 5.91 Å². The van der Waals surface area contributed by atoms with Gasteiger partial charge in [-0.05, 0) is 26.3 Å². The van der Waals surface area contributed by atoms with Crippen molar-refractivity contribution in [2.24, 2.45) is 0 Å². The van der Waals surface area contributed by atoms with Crippen molar-refractivity contribution in [2.45, 2.75) is 46.8 Å². The van der Waals surface area contributed by atoms with E-state index in [4.69, 9.17) is 4.52 Å². The van der Waals surface area contributed by atoms with Gasteiger partial charge in [0.1, 0.15) is 11.3 Å². The van der Waals surface area contributed by atoms with Crippen molar-refractivity contribution in [1.82, 2.24) is 25.2 Å². The zero-order valence-corrected chi connectivity index (χ0v) is 14.1. The van der Waals surface area contributed by atoms with Crippen LogP contribution in [-0.4, -0.2) is 38.2 Å². The molecule has 2 aromatic rings. The summed E-state index contributed by atoms with van der Waals surface area (Å²) in [5.74, 6) is 0.348. The maximum absolute atomic E-state index is 12.3. The van der Waals surface area contributed by atoms with Crippen LogP contribution >= 0.6 is 0 Å². The first-order valence-electron chi connectivity index (χ1n) is 7.98. The van der Waals surface area contributed by atoms with Crippen molar-refractivity contribution < 1.29 is 14.1 Å². The molecule has 0 bridgehead atoms. The second-order valence-corrected chi connectivity index (χ2v) is 6.03. The third kappa shape index (κ3) is 3.17. The van der Waals surface area contributed by atoms with Crippen LogP contribution in [0.15, 0.2) is 10.6 Å². The first kappa shape index (κ1) is 16.2. The number of carbonyl (C=O) groups excluding carboxylic acids is 2. The Balaban J connectivity index is 1.68. The van der Waals surface area contributed by atoms with Crippen LogP contribution in [-0.2, 0) is 24.4 Å². The zero-order valence-electron chi connectivity index (χ0n) is 14.1. The molecule has 0 saturated carbocycles. The fourth-order valence-electron chi connectivity index (χ4n) is 2.94. The van der Waals surface area contributed by atoms with E-state index in [0.717, 1.165) is 30.9 Å². The average molecular weight is 331 g/mol. The molecule has 24 heavy (non-hydrogen) atoms. The van der Waals surface area contributed by atoms with E-state index in [1.807, 2.05) is 15.6 Å². The molecule has 8 heteroatoms. The highest BCUT2D eigenvalue weighted by Crippen LogP contribution is 2.15. The van der Waals surface area contributed by atoms with Crippen LogP contribution in [0.1, 0.15) is 46.5 Å². The molecular formula is C16H21N5O3. The number of rotatable bonds is 3. The van der Waals surface area contributed by atoms with Crippen LogP contribution in [0.2, 0.25) is 0 Å². The Morgan fingerprint density at radius 1 is 1.33 bits per heavy atom. The van der Waals surface area contributed by atoms with E-state index < -0.39 is 0 Å². The number of amides is 2. The van der Waals surface area contributed by atoms with E-state index in [1.54, 1.807) is 20.8 Å². The van der Waals surface area contributed by atoms with Gasteiger partial charge in [-0.25, -0.2) is 0 Å². The summed E-state index contributed by atoms with van der Waals surface area (Å²) in [5.41, 5.74) is 2.81. The number of hydrogen-bond donors (Lipinski definition) is 1. The van der Waals surface area contributed by atoms with Crippen LogP contribution in [0.4, 0.5) is 0 Å². The fourth-order valence-corrected chi connectivity index (χ4v) is 2.94. The lowest BCUT2D eigenvalue weighted by Crippen LogP contribution is -2.28. The van der Waals surface area contributed by atoms with Gasteiger partial charge in [-0.15, -0.1) is 0 Å². The molecule has 1 N–H and O–H groups in total. The molecule has 8 nitrogen and oxygen atoms in total. The lowest BCUT2D eigenvalue weighted by molar-refractivity contribution is -0.129. The number of nitrogens with one attached hydrogen (secondary N) is 1. The van der Waals surface area contributed by atoms with E-state index in [9.17, 15) is 9.59 Å². The number of aromatic nitrogens is 3. The summed E-state index contributed by atoms with van der Waals surface area (Å²) in [4.78, 5) is 25.7. The summed E-state index contributed by atoms with van der Waals surface area (Å²) >= 11 is 0. The van der Waals surface area contributed by atoms with E-state index >= 15 is 0 Å². The van der Waals surface area contributed by atoms with Crippen molar-refractivity contribution >= 4 is 11.8 Å². The molecule has 1 aliphatic heterocycles. The number of aryl methyl sites for hydroxylation is 3. The summed E-state index contributed by atoms with van der Waals surface area (Å²) in [6, 6.07) is 1.94. The van der Waals surface area contributed by atoms with Gasteiger partial charge in [-0.2, -0.15) is 5.10 Å². The van der Waals surface area contributed by atoms with Crippen LogP contribution in [0.3, 0.4) is 0 Å². The highest BCUT2D eigenvalue weighted by molar-refractivity contribution is 5.95. The predicted molar refractivity (Wildman–Crippen MR) is 85.1 cm³/mol. The van der Waals surface area contributed by atoms with Crippen molar-refractivity contribution in [1.29, 1.82) is 0 Å². The molecule has 3 rings (SSSR count). The standard InChI is InChI=1S/C16H21N5O3/c1-10-15(11(2)24-19-10)16(23)17-8-13-7-14-9-20(12(3)22)5-4-6-21(14)18-13/h7H,4-6,8-9H2,1-3H3,(H,17,23). The Kier molecular flexibility index (Phi) is 4.37. The normalized spacial score (nSPS) is 14.2. The van der Waals surface area contributed by atoms with Gasteiger partial charge >= 0.3 is 0 Å². The van der Waals surface area contributed by atoms with E-state index in [2.05, 4.69) is 15.6 Å². The molecule has 0 unspecified atom stereocenters. The Labute approximate surface area is 139 Å². The maximum Gasteiger partial charge on any atom is 0.257 e. The largest absolute Gasteiger partial charge is 0.361 e. The fraction of sp³-hybridized carbons (Fsp3) is 0.500. The second kappa shape index (κ2) is 6.46.